The van der Waals surface area contributed by atoms with Crippen molar-refractivity contribution in [3.63, 3.8) is 0 Å². The van der Waals surface area contributed by atoms with Crippen LogP contribution in [-0.2, 0) is 0 Å². The van der Waals surface area contributed by atoms with E-state index in [1.165, 1.54) is 0 Å². The third kappa shape index (κ3) is 1.09. The van der Waals surface area contributed by atoms with Crippen LogP contribution < -0.4 is 0 Å². The van der Waals surface area contributed by atoms with Crippen LogP contribution in [-0.4, -0.2) is 25.7 Å². The number of carbonyl (C=O) groups is 1. The first-order valence-corrected chi connectivity index (χ1v) is 4.39. The molecule has 0 radical (unpaired) electrons. The Morgan fingerprint density at radius 1 is 1.64 bits per heavy atom. The highest BCUT2D eigenvalue weighted by Gasteiger charge is 2.20. The molecule has 5 nitrogen and oxygen atoms in total. The molecule has 5 heteroatoms. The van der Waals surface area contributed by atoms with Crippen LogP contribution in [0.25, 0.3) is 5.65 Å². The maximum atomic E-state index is 11.0. The number of carboxylic acids is 1. The van der Waals surface area contributed by atoms with Gasteiger partial charge < -0.3 is 5.11 Å². The third-order valence-corrected chi connectivity index (χ3v) is 2.17. The van der Waals surface area contributed by atoms with Gasteiger partial charge in [0.25, 0.3) is 0 Å². The summed E-state index contributed by atoms with van der Waals surface area (Å²) in [6.45, 7) is 3.88. The van der Waals surface area contributed by atoms with Gasteiger partial charge in [-0.15, -0.1) is 0 Å². The molecule has 2 N–H and O–H groups in total. The molecule has 0 aliphatic carbocycles. The molecule has 2 aromatic heterocycles. The summed E-state index contributed by atoms with van der Waals surface area (Å²) in [4.78, 5) is 15.0. The zero-order valence-electron chi connectivity index (χ0n) is 7.98. The largest absolute Gasteiger partial charge is 0.477 e. The van der Waals surface area contributed by atoms with Crippen molar-refractivity contribution in [1.82, 2.24) is 14.6 Å². The lowest BCUT2D eigenvalue weighted by molar-refractivity contribution is 0.0697. The summed E-state index contributed by atoms with van der Waals surface area (Å²) in [5.41, 5.74) is 1.45. The topological polar surface area (TPSA) is 70.4 Å². The van der Waals surface area contributed by atoms with Gasteiger partial charge in [-0.05, 0) is 5.92 Å². The Morgan fingerprint density at radius 3 is 2.93 bits per heavy atom. The van der Waals surface area contributed by atoms with Gasteiger partial charge in [-0.1, -0.05) is 13.8 Å². The Labute approximate surface area is 80.4 Å². The second-order valence-corrected chi connectivity index (χ2v) is 3.48. The van der Waals surface area contributed by atoms with Gasteiger partial charge in [0.05, 0.1) is 5.69 Å². The number of aromatic nitrogens is 3. The zero-order valence-corrected chi connectivity index (χ0v) is 7.98. The van der Waals surface area contributed by atoms with Crippen LogP contribution in [0.2, 0.25) is 0 Å². The van der Waals surface area contributed by atoms with Crippen molar-refractivity contribution in [3.05, 3.63) is 23.7 Å². The van der Waals surface area contributed by atoms with Gasteiger partial charge in [0.2, 0.25) is 0 Å². The van der Waals surface area contributed by atoms with Gasteiger partial charge >= 0.3 is 5.97 Å². The van der Waals surface area contributed by atoms with Crippen LogP contribution in [0.3, 0.4) is 0 Å². The average Bonchev–Trinajstić information content (AvgIpc) is 2.58. The molecule has 2 rings (SSSR count). The Balaban J connectivity index is 2.76. The van der Waals surface area contributed by atoms with Gasteiger partial charge in [-0.3, -0.25) is 5.10 Å². The number of nitrogens with one attached hydrogen (secondary N) is 1. The SMILES string of the molecule is CC(C)c1[nH]n2ccnc2c1C(=O)O. The second-order valence-electron chi connectivity index (χ2n) is 3.48. The molecule has 0 spiro atoms. The molecule has 2 heterocycles. The summed E-state index contributed by atoms with van der Waals surface area (Å²) < 4.78 is 1.62. The van der Waals surface area contributed by atoms with E-state index in [4.69, 9.17) is 5.11 Å². The summed E-state index contributed by atoms with van der Waals surface area (Å²) in [6, 6.07) is 0. The molecule has 0 aliphatic rings. The van der Waals surface area contributed by atoms with E-state index in [1.54, 1.807) is 16.9 Å². The molecule has 0 saturated heterocycles. The lowest BCUT2D eigenvalue weighted by Gasteiger charge is -2.01. The maximum Gasteiger partial charge on any atom is 0.341 e. The maximum absolute atomic E-state index is 11.0. The summed E-state index contributed by atoms with van der Waals surface area (Å²) in [5.74, 6) is -0.797. The minimum Gasteiger partial charge on any atom is -0.477 e. The third-order valence-electron chi connectivity index (χ3n) is 2.17. The van der Waals surface area contributed by atoms with Crippen molar-refractivity contribution < 1.29 is 9.90 Å². The Kier molecular flexibility index (Phi) is 1.80. The van der Waals surface area contributed by atoms with Gasteiger partial charge in [0, 0.05) is 12.4 Å². The molecule has 0 bridgehead atoms. The normalized spacial score (nSPS) is 11.4. The molecule has 0 fully saturated rings. The Bertz CT molecular complexity index is 481. The van der Waals surface area contributed by atoms with Crippen LogP contribution in [0.1, 0.15) is 35.8 Å². The highest BCUT2D eigenvalue weighted by atomic mass is 16.4. The van der Waals surface area contributed by atoms with E-state index in [0.717, 1.165) is 0 Å². The molecule has 74 valence electrons. The summed E-state index contributed by atoms with van der Waals surface area (Å²) in [5, 5.41) is 12.0. The van der Waals surface area contributed by atoms with E-state index in [-0.39, 0.29) is 11.5 Å². The standard InChI is InChI=1S/C9H11N3O2/c1-5(2)7-6(9(13)14)8-10-3-4-12(8)11-7/h3-5,11H,1-2H3,(H,13,14). The van der Waals surface area contributed by atoms with Crippen LogP contribution in [0.4, 0.5) is 0 Å². The molecule has 0 saturated carbocycles. The number of nitrogens with zero attached hydrogens (tertiary/aromatic N) is 2. The highest BCUT2D eigenvalue weighted by Crippen LogP contribution is 2.21. The van der Waals surface area contributed by atoms with Crippen molar-refractivity contribution in [1.29, 1.82) is 0 Å². The first kappa shape index (κ1) is 8.80. The second kappa shape index (κ2) is 2.87. The van der Waals surface area contributed by atoms with E-state index in [0.29, 0.717) is 11.3 Å². The van der Waals surface area contributed by atoms with E-state index >= 15 is 0 Å². The molecule has 0 aliphatic heterocycles. The zero-order chi connectivity index (χ0) is 10.3. The number of aromatic amines is 1. The summed E-state index contributed by atoms with van der Waals surface area (Å²) in [6.07, 6.45) is 3.27. The molecule has 0 amide bonds. The Morgan fingerprint density at radius 2 is 2.36 bits per heavy atom. The number of carboxylic acid groups (broad SMARTS) is 1. The van der Waals surface area contributed by atoms with Crippen molar-refractivity contribution in [2.75, 3.05) is 0 Å². The molecular weight excluding hydrogens is 182 g/mol. The monoisotopic (exact) mass is 193 g/mol. The fraction of sp³-hybridized carbons (Fsp3) is 0.333. The van der Waals surface area contributed by atoms with Crippen molar-refractivity contribution in [2.45, 2.75) is 19.8 Å². The number of hydrogen-bond donors (Lipinski definition) is 2. The summed E-state index contributed by atoms with van der Waals surface area (Å²) in [7, 11) is 0. The van der Waals surface area contributed by atoms with E-state index < -0.39 is 5.97 Å². The first-order valence-electron chi connectivity index (χ1n) is 4.39. The first-order chi connectivity index (χ1) is 6.61. The summed E-state index contributed by atoms with van der Waals surface area (Å²) >= 11 is 0. The Hall–Kier alpha value is -1.78. The van der Waals surface area contributed by atoms with Crippen LogP contribution >= 0.6 is 0 Å². The van der Waals surface area contributed by atoms with Gasteiger partial charge in [0.1, 0.15) is 5.56 Å². The van der Waals surface area contributed by atoms with Gasteiger partial charge in [0.15, 0.2) is 5.65 Å². The lowest BCUT2D eigenvalue weighted by atomic mass is 10.1. The predicted molar refractivity (Wildman–Crippen MR) is 50.6 cm³/mol. The fourth-order valence-electron chi connectivity index (χ4n) is 1.51. The molecule has 2 aromatic rings. The van der Waals surface area contributed by atoms with Gasteiger partial charge in [-0.25, -0.2) is 14.3 Å². The smallest absolute Gasteiger partial charge is 0.341 e. The average molecular weight is 193 g/mol. The number of hydrogen-bond acceptors (Lipinski definition) is 2. The minimum atomic E-state index is -0.939. The number of rotatable bonds is 2. The minimum absolute atomic E-state index is 0.141. The number of aromatic carboxylic acids is 1. The van der Waals surface area contributed by atoms with E-state index in [9.17, 15) is 4.79 Å². The van der Waals surface area contributed by atoms with Crippen LogP contribution in [0.5, 0.6) is 0 Å². The highest BCUT2D eigenvalue weighted by molar-refractivity contribution is 5.96. The quantitative estimate of drug-likeness (QED) is 0.758. The number of H-pyrrole nitrogens is 1. The lowest BCUT2D eigenvalue weighted by Crippen LogP contribution is -2.02. The molecule has 0 aromatic carbocycles. The predicted octanol–water partition coefficient (Wildman–Crippen LogP) is 1.48. The number of fused-ring (bicyclic) bond motifs is 1. The van der Waals surface area contributed by atoms with Crippen molar-refractivity contribution in [3.8, 4) is 0 Å². The van der Waals surface area contributed by atoms with E-state index in [1.807, 2.05) is 13.8 Å². The molecule has 0 atom stereocenters. The fourth-order valence-corrected chi connectivity index (χ4v) is 1.51. The van der Waals surface area contributed by atoms with Crippen LogP contribution in [0, 0.1) is 0 Å². The molecule has 0 unspecified atom stereocenters. The molecular formula is C9H11N3O2. The van der Waals surface area contributed by atoms with Crippen molar-refractivity contribution >= 4 is 11.6 Å². The molecule has 14 heavy (non-hydrogen) atoms. The van der Waals surface area contributed by atoms with Crippen molar-refractivity contribution in [2.24, 2.45) is 0 Å². The van der Waals surface area contributed by atoms with Gasteiger partial charge in [-0.2, -0.15) is 0 Å². The van der Waals surface area contributed by atoms with Crippen LogP contribution in [0.15, 0.2) is 12.4 Å². The number of imidazole rings is 1. The van der Waals surface area contributed by atoms with E-state index in [2.05, 4.69) is 10.1 Å².